The number of ketones is 1. The lowest BCUT2D eigenvalue weighted by atomic mass is 9.98. The minimum absolute atomic E-state index is 0.0176. The van der Waals surface area contributed by atoms with E-state index in [0.29, 0.717) is 46.5 Å². The molecule has 0 aliphatic carbocycles. The Kier molecular flexibility index (Phi) is 11.4. The molecule has 3 rings (SSSR count). The lowest BCUT2D eigenvalue weighted by Gasteiger charge is -2.21. The molecular formula is C31H44N2O5S. The van der Waals surface area contributed by atoms with Crippen molar-refractivity contribution in [2.24, 2.45) is 0 Å². The molecule has 8 heteroatoms. The number of unbranched alkanes of at least 4 members (excludes halogenated alkanes) is 3. The molecule has 0 saturated heterocycles. The van der Waals surface area contributed by atoms with Gasteiger partial charge in [0.1, 0.15) is 11.5 Å². The van der Waals surface area contributed by atoms with Crippen LogP contribution < -0.4 is 4.74 Å². The molecule has 1 N–H and O–H groups in total. The van der Waals surface area contributed by atoms with Gasteiger partial charge in [-0.2, -0.15) is 0 Å². The molecule has 7 nitrogen and oxygen atoms in total. The summed E-state index contributed by atoms with van der Waals surface area (Å²) in [7, 11) is -3.68. The van der Waals surface area contributed by atoms with Crippen LogP contribution in [0.4, 0.5) is 0 Å². The van der Waals surface area contributed by atoms with Crippen LogP contribution in [0.15, 0.2) is 42.5 Å². The SMILES string of the molecule is CCCCc1c(C(=O)c2ccc(OCCCN(CCCC)CCCC)cc2)c2cc(O)ccc2n1S(C)(=O)=O. The summed E-state index contributed by atoms with van der Waals surface area (Å²) in [6.45, 7) is 10.3. The zero-order valence-corrected chi connectivity index (χ0v) is 24.7. The first-order valence-electron chi connectivity index (χ1n) is 14.3. The summed E-state index contributed by atoms with van der Waals surface area (Å²) in [6, 6.07) is 11.5. The predicted octanol–water partition coefficient (Wildman–Crippen LogP) is 6.40. The minimum Gasteiger partial charge on any atom is -0.508 e. The molecule has 0 spiro atoms. The normalized spacial score (nSPS) is 11.9. The Balaban J connectivity index is 1.79. The summed E-state index contributed by atoms with van der Waals surface area (Å²) in [4.78, 5) is 16.3. The van der Waals surface area contributed by atoms with E-state index in [9.17, 15) is 18.3 Å². The first kappa shape index (κ1) is 30.7. The molecule has 39 heavy (non-hydrogen) atoms. The molecule has 0 unspecified atom stereocenters. The van der Waals surface area contributed by atoms with E-state index in [-0.39, 0.29) is 11.5 Å². The van der Waals surface area contributed by atoms with Crippen LogP contribution in [-0.2, 0) is 16.4 Å². The fraction of sp³-hybridized carbons (Fsp3) is 0.516. The monoisotopic (exact) mass is 556 g/mol. The van der Waals surface area contributed by atoms with Crippen molar-refractivity contribution in [3.63, 3.8) is 0 Å². The molecule has 0 aliphatic heterocycles. The van der Waals surface area contributed by atoms with Gasteiger partial charge in [-0.3, -0.25) is 4.79 Å². The lowest BCUT2D eigenvalue weighted by molar-refractivity contribution is 0.103. The summed E-state index contributed by atoms with van der Waals surface area (Å²) in [5.74, 6) is 0.409. The number of ether oxygens (including phenoxy) is 1. The van der Waals surface area contributed by atoms with E-state index in [1.165, 1.54) is 41.8 Å². The Hall–Kier alpha value is -2.84. The summed E-state index contributed by atoms with van der Waals surface area (Å²) in [6.07, 6.45) is 8.91. The van der Waals surface area contributed by atoms with Gasteiger partial charge in [0.15, 0.2) is 5.78 Å². The van der Waals surface area contributed by atoms with Crippen LogP contribution in [0.1, 0.15) is 87.3 Å². The fourth-order valence-electron chi connectivity index (χ4n) is 4.93. The van der Waals surface area contributed by atoms with Crippen LogP contribution in [0.3, 0.4) is 0 Å². The number of hydrogen-bond acceptors (Lipinski definition) is 6. The van der Waals surface area contributed by atoms with Crippen molar-refractivity contribution in [3.8, 4) is 11.5 Å². The third-order valence-electron chi connectivity index (χ3n) is 6.99. The van der Waals surface area contributed by atoms with E-state index in [1.807, 2.05) is 6.92 Å². The van der Waals surface area contributed by atoms with Crippen molar-refractivity contribution in [1.82, 2.24) is 8.87 Å². The van der Waals surface area contributed by atoms with Crippen molar-refractivity contribution >= 4 is 26.7 Å². The number of phenolic OH excluding ortho intramolecular Hbond substituents is 1. The first-order chi connectivity index (χ1) is 18.7. The van der Waals surface area contributed by atoms with Gasteiger partial charge < -0.3 is 14.7 Å². The van der Waals surface area contributed by atoms with E-state index in [0.717, 1.165) is 45.2 Å². The van der Waals surface area contributed by atoms with E-state index in [1.54, 1.807) is 30.3 Å². The number of benzene rings is 2. The van der Waals surface area contributed by atoms with E-state index in [4.69, 9.17) is 4.74 Å². The molecule has 1 heterocycles. The summed E-state index contributed by atoms with van der Waals surface area (Å²) in [5.41, 5.74) is 1.63. The number of aromatic nitrogens is 1. The largest absolute Gasteiger partial charge is 0.508 e. The Labute approximate surface area is 233 Å². The highest BCUT2D eigenvalue weighted by atomic mass is 32.2. The van der Waals surface area contributed by atoms with Gasteiger partial charge in [0.25, 0.3) is 0 Å². The fourth-order valence-corrected chi connectivity index (χ4v) is 6.03. The Morgan fingerprint density at radius 2 is 1.51 bits per heavy atom. The highest BCUT2D eigenvalue weighted by molar-refractivity contribution is 7.89. The Morgan fingerprint density at radius 3 is 2.10 bits per heavy atom. The predicted molar refractivity (Wildman–Crippen MR) is 159 cm³/mol. The average molecular weight is 557 g/mol. The van der Waals surface area contributed by atoms with Gasteiger partial charge in [0.05, 0.1) is 23.9 Å². The molecule has 0 bridgehead atoms. The van der Waals surface area contributed by atoms with Gasteiger partial charge in [-0.05, 0) is 87.7 Å². The first-order valence-corrected chi connectivity index (χ1v) is 16.1. The van der Waals surface area contributed by atoms with Gasteiger partial charge in [-0.25, -0.2) is 12.4 Å². The zero-order valence-electron chi connectivity index (χ0n) is 23.9. The third-order valence-corrected chi connectivity index (χ3v) is 8.07. The van der Waals surface area contributed by atoms with Crippen molar-refractivity contribution in [2.45, 2.75) is 72.1 Å². The molecule has 0 saturated carbocycles. The van der Waals surface area contributed by atoms with E-state index < -0.39 is 10.0 Å². The highest BCUT2D eigenvalue weighted by Gasteiger charge is 2.27. The van der Waals surface area contributed by atoms with E-state index in [2.05, 4.69) is 18.7 Å². The Morgan fingerprint density at radius 1 is 0.897 bits per heavy atom. The van der Waals surface area contributed by atoms with Crippen LogP contribution in [0, 0.1) is 0 Å². The quantitative estimate of drug-likeness (QED) is 0.153. The maximum absolute atomic E-state index is 13.8. The van der Waals surface area contributed by atoms with Crippen LogP contribution in [0.25, 0.3) is 10.9 Å². The lowest BCUT2D eigenvalue weighted by Crippen LogP contribution is -2.28. The summed E-state index contributed by atoms with van der Waals surface area (Å²) >= 11 is 0. The van der Waals surface area contributed by atoms with Gasteiger partial charge >= 0.3 is 0 Å². The summed E-state index contributed by atoms with van der Waals surface area (Å²) in [5, 5.41) is 10.6. The molecule has 0 amide bonds. The second-order valence-electron chi connectivity index (χ2n) is 10.3. The molecule has 0 fully saturated rings. The molecule has 214 valence electrons. The number of carbonyl (C=O) groups excluding carboxylic acids is 1. The molecule has 0 aliphatic rings. The van der Waals surface area contributed by atoms with Crippen molar-refractivity contribution in [3.05, 3.63) is 59.3 Å². The second-order valence-corrected chi connectivity index (χ2v) is 12.1. The highest BCUT2D eigenvalue weighted by Crippen LogP contribution is 2.33. The number of rotatable bonds is 17. The number of phenols is 1. The number of fused-ring (bicyclic) bond motifs is 1. The maximum atomic E-state index is 13.8. The molecular weight excluding hydrogens is 512 g/mol. The van der Waals surface area contributed by atoms with Crippen LogP contribution in [-0.4, -0.2) is 60.7 Å². The number of nitrogens with zero attached hydrogens (tertiary/aromatic N) is 2. The molecule has 1 aromatic heterocycles. The zero-order chi connectivity index (χ0) is 28.4. The van der Waals surface area contributed by atoms with Gasteiger partial charge in [-0.1, -0.05) is 40.0 Å². The van der Waals surface area contributed by atoms with Crippen LogP contribution in [0.2, 0.25) is 0 Å². The standard InChI is InChI=1S/C31H44N2O5S/c1-5-8-12-29-30(27-23-25(34)15-18-28(27)33(29)39(4,36)37)31(35)24-13-16-26(17-14-24)38-22-11-21-32(19-9-6-2)20-10-7-3/h13-18,23,34H,5-12,19-22H2,1-4H3. The van der Waals surface area contributed by atoms with Crippen LogP contribution in [0.5, 0.6) is 11.5 Å². The topological polar surface area (TPSA) is 88.8 Å². The van der Waals surface area contributed by atoms with E-state index >= 15 is 0 Å². The molecule has 3 aromatic rings. The van der Waals surface area contributed by atoms with Crippen molar-refractivity contribution < 1.29 is 23.1 Å². The van der Waals surface area contributed by atoms with Crippen molar-refractivity contribution in [1.29, 1.82) is 0 Å². The molecule has 0 radical (unpaired) electrons. The average Bonchev–Trinajstić information content (AvgIpc) is 3.24. The minimum atomic E-state index is -3.68. The molecule has 0 atom stereocenters. The van der Waals surface area contributed by atoms with Gasteiger partial charge in [-0.15, -0.1) is 0 Å². The van der Waals surface area contributed by atoms with Crippen LogP contribution >= 0.6 is 0 Å². The number of aromatic hydroxyl groups is 1. The van der Waals surface area contributed by atoms with Crippen molar-refractivity contribution in [2.75, 3.05) is 32.5 Å². The van der Waals surface area contributed by atoms with Gasteiger partial charge in [0.2, 0.25) is 10.0 Å². The Bertz CT molecular complexity index is 1320. The maximum Gasteiger partial charge on any atom is 0.236 e. The molecule has 2 aromatic carbocycles. The summed E-state index contributed by atoms with van der Waals surface area (Å²) < 4.78 is 32.8. The number of hydrogen-bond donors (Lipinski definition) is 1. The third kappa shape index (κ3) is 8.08. The smallest absolute Gasteiger partial charge is 0.236 e. The second kappa shape index (κ2) is 14.5. The van der Waals surface area contributed by atoms with Gasteiger partial charge in [0, 0.05) is 23.2 Å². The number of carbonyl (C=O) groups is 1.